The minimum absolute atomic E-state index is 0.912. The van der Waals surface area contributed by atoms with Gasteiger partial charge < -0.3 is 8.85 Å². The highest BCUT2D eigenvalue weighted by molar-refractivity contribution is 6.88. The molecule has 0 N–H and O–H groups in total. The first-order valence-electron chi connectivity index (χ1n) is 11.0. The van der Waals surface area contributed by atoms with E-state index in [1.807, 2.05) is 0 Å². The van der Waals surface area contributed by atoms with Gasteiger partial charge in [0.1, 0.15) is 0 Å². The molecule has 0 aliphatic rings. The number of hydrogen-bond acceptors (Lipinski definition) is 2. The lowest BCUT2D eigenvalue weighted by Gasteiger charge is -2.32. The van der Waals surface area contributed by atoms with Crippen LogP contribution in [0.5, 0.6) is 0 Å². The summed E-state index contributed by atoms with van der Waals surface area (Å²) in [4.78, 5) is 0. The first-order chi connectivity index (χ1) is 12.6. The van der Waals surface area contributed by atoms with Crippen molar-refractivity contribution in [1.29, 1.82) is 0 Å². The molecule has 0 aliphatic heterocycles. The van der Waals surface area contributed by atoms with Crippen LogP contribution in [-0.2, 0) is 8.85 Å². The van der Waals surface area contributed by atoms with Crippen molar-refractivity contribution < 1.29 is 8.85 Å². The van der Waals surface area contributed by atoms with E-state index in [1.54, 1.807) is 0 Å². The fourth-order valence-electron chi connectivity index (χ4n) is 3.79. The largest absolute Gasteiger partial charge is 0.412 e. The summed E-state index contributed by atoms with van der Waals surface area (Å²) in [6, 6.07) is 14.1. The maximum Gasteiger partial charge on any atom is 0.223 e. The van der Waals surface area contributed by atoms with Crippen molar-refractivity contribution in [3.8, 4) is 0 Å². The molecule has 0 unspecified atom stereocenters. The highest BCUT2D eigenvalue weighted by Gasteiger charge is 2.36. The van der Waals surface area contributed by atoms with Crippen molar-refractivity contribution in [3.63, 3.8) is 0 Å². The molecule has 2 nitrogen and oxygen atoms in total. The van der Waals surface area contributed by atoms with Gasteiger partial charge in [0.15, 0.2) is 0 Å². The van der Waals surface area contributed by atoms with Crippen molar-refractivity contribution in [2.75, 3.05) is 13.2 Å². The normalized spacial score (nSPS) is 12.5. The molecule has 1 rings (SSSR count). The molecule has 0 amide bonds. The summed E-state index contributed by atoms with van der Waals surface area (Å²) in [6.07, 6.45) is 4.74. The van der Waals surface area contributed by atoms with E-state index >= 15 is 0 Å². The Kier molecular flexibility index (Phi) is 11.0. The lowest BCUT2D eigenvalue weighted by molar-refractivity contribution is 0.299. The molecule has 150 valence electrons. The van der Waals surface area contributed by atoms with Gasteiger partial charge in [0, 0.05) is 13.2 Å². The zero-order valence-electron chi connectivity index (χ0n) is 18.2. The number of hydrogen-bond donors (Lipinski definition) is 0. The molecule has 0 fully saturated rings. The first-order valence-corrected chi connectivity index (χ1v) is 15.6. The summed E-state index contributed by atoms with van der Waals surface area (Å²) >= 11 is 0. The Hall–Kier alpha value is -0.426. The van der Waals surface area contributed by atoms with Gasteiger partial charge in [0.25, 0.3) is 0 Å². The van der Waals surface area contributed by atoms with Gasteiger partial charge in [-0.05, 0) is 47.4 Å². The Morgan fingerprint density at radius 2 is 0.885 bits per heavy atom. The number of rotatable bonds is 14. The minimum Gasteiger partial charge on any atom is -0.412 e. The molecule has 0 aromatic heterocycles. The van der Waals surface area contributed by atoms with Crippen LogP contribution < -0.4 is 10.4 Å². The second-order valence-electron chi connectivity index (χ2n) is 7.38. The molecule has 0 radical (unpaired) electrons. The highest BCUT2D eigenvalue weighted by atomic mass is 28.4. The van der Waals surface area contributed by atoms with Gasteiger partial charge in [0.05, 0.1) is 0 Å². The third-order valence-corrected chi connectivity index (χ3v) is 14.8. The Balaban J connectivity index is 3.05. The Labute approximate surface area is 165 Å². The average molecular weight is 395 g/mol. The highest BCUT2D eigenvalue weighted by Crippen LogP contribution is 2.20. The molecule has 26 heavy (non-hydrogen) atoms. The molecule has 1 aromatic rings. The predicted molar refractivity (Wildman–Crippen MR) is 121 cm³/mol. The van der Waals surface area contributed by atoms with E-state index in [9.17, 15) is 0 Å². The van der Waals surface area contributed by atoms with Gasteiger partial charge in [0.2, 0.25) is 16.6 Å². The fourth-order valence-corrected chi connectivity index (χ4v) is 10.2. The van der Waals surface area contributed by atoms with Crippen molar-refractivity contribution >= 4 is 27.0 Å². The van der Waals surface area contributed by atoms with Gasteiger partial charge in [-0.25, -0.2) is 0 Å². The Morgan fingerprint density at radius 1 is 0.577 bits per heavy atom. The molecular formula is C22H42O2Si2. The number of unbranched alkanes of at least 4 members (excludes halogenated alkanes) is 2. The van der Waals surface area contributed by atoms with Crippen LogP contribution in [0.3, 0.4) is 0 Å². The SMILES string of the molecule is CCCCO[Si](CC)(CC)c1ccc([Si](CC)(CC)OCCCC)cc1. The van der Waals surface area contributed by atoms with Gasteiger partial charge in [-0.15, -0.1) is 0 Å². The van der Waals surface area contributed by atoms with Crippen LogP contribution in [-0.4, -0.2) is 29.8 Å². The second kappa shape index (κ2) is 12.1. The first kappa shape index (κ1) is 23.6. The summed E-state index contributed by atoms with van der Waals surface area (Å²) in [5.41, 5.74) is 0. The van der Waals surface area contributed by atoms with Crippen LogP contribution in [0.15, 0.2) is 24.3 Å². The maximum atomic E-state index is 6.53. The van der Waals surface area contributed by atoms with E-state index in [0.717, 1.165) is 37.4 Å². The van der Waals surface area contributed by atoms with Crippen LogP contribution in [0.25, 0.3) is 0 Å². The van der Waals surface area contributed by atoms with Crippen LogP contribution in [0, 0.1) is 0 Å². The monoisotopic (exact) mass is 394 g/mol. The molecule has 0 saturated carbocycles. The summed E-state index contributed by atoms with van der Waals surface area (Å²) in [5, 5.41) is 2.93. The maximum absolute atomic E-state index is 6.53. The standard InChI is InChI=1S/C22H42O2Si2/c1-7-13-19-23-25(9-3,10-4)21-15-17-22(18-16-21)26(11-5,12-6)24-20-14-8-2/h15-18H,7-14,19-20H2,1-6H3. The van der Waals surface area contributed by atoms with Gasteiger partial charge in [-0.2, -0.15) is 0 Å². The van der Waals surface area contributed by atoms with E-state index in [2.05, 4.69) is 65.8 Å². The summed E-state index contributed by atoms with van der Waals surface area (Å²) in [7, 11) is -3.63. The average Bonchev–Trinajstić information content (AvgIpc) is 2.70. The van der Waals surface area contributed by atoms with Crippen LogP contribution in [0.2, 0.25) is 24.2 Å². The predicted octanol–water partition coefficient (Wildman–Crippen LogP) is 5.70. The summed E-state index contributed by atoms with van der Waals surface area (Å²) in [5.74, 6) is 0. The fraction of sp³-hybridized carbons (Fsp3) is 0.727. The lowest BCUT2D eigenvalue weighted by atomic mass is 10.4. The van der Waals surface area contributed by atoms with E-state index in [1.165, 1.54) is 36.1 Å². The quantitative estimate of drug-likeness (QED) is 0.297. The van der Waals surface area contributed by atoms with E-state index < -0.39 is 16.6 Å². The topological polar surface area (TPSA) is 18.5 Å². The molecule has 0 atom stereocenters. The van der Waals surface area contributed by atoms with Crippen molar-refractivity contribution in [2.45, 2.75) is 91.4 Å². The van der Waals surface area contributed by atoms with Crippen LogP contribution >= 0.6 is 0 Å². The zero-order chi connectivity index (χ0) is 19.5. The molecule has 4 heteroatoms. The summed E-state index contributed by atoms with van der Waals surface area (Å²) < 4.78 is 13.1. The molecule has 1 aromatic carbocycles. The lowest BCUT2D eigenvalue weighted by Crippen LogP contribution is -2.53. The molecule has 0 heterocycles. The minimum atomic E-state index is -1.82. The summed E-state index contributed by atoms with van der Waals surface area (Å²) in [6.45, 7) is 15.5. The molecule has 0 bridgehead atoms. The third-order valence-electron chi connectivity index (χ3n) is 5.97. The van der Waals surface area contributed by atoms with E-state index in [0.29, 0.717) is 0 Å². The smallest absolute Gasteiger partial charge is 0.223 e. The van der Waals surface area contributed by atoms with Crippen LogP contribution in [0.1, 0.15) is 67.2 Å². The van der Waals surface area contributed by atoms with Gasteiger partial charge >= 0.3 is 0 Å². The van der Waals surface area contributed by atoms with Gasteiger partial charge in [-0.3, -0.25) is 0 Å². The van der Waals surface area contributed by atoms with E-state index in [-0.39, 0.29) is 0 Å². The van der Waals surface area contributed by atoms with Crippen molar-refractivity contribution in [2.24, 2.45) is 0 Å². The molecule has 0 spiro atoms. The molecular weight excluding hydrogens is 352 g/mol. The van der Waals surface area contributed by atoms with E-state index in [4.69, 9.17) is 8.85 Å². The van der Waals surface area contributed by atoms with Crippen molar-refractivity contribution in [3.05, 3.63) is 24.3 Å². The molecule has 0 saturated heterocycles. The van der Waals surface area contributed by atoms with Gasteiger partial charge in [-0.1, -0.05) is 78.6 Å². The van der Waals surface area contributed by atoms with Crippen LogP contribution in [0.4, 0.5) is 0 Å². The Bertz CT molecular complexity index is 434. The second-order valence-corrected chi connectivity index (χ2v) is 15.9. The number of benzene rings is 1. The van der Waals surface area contributed by atoms with Crippen molar-refractivity contribution in [1.82, 2.24) is 0 Å². The zero-order valence-corrected chi connectivity index (χ0v) is 20.2. The third kappa shape index (κ3) is 5.78. The molecule has 0 aliphatic carbocycles. The Morgan fingerprint density at radius 3 is 1.12 bits per heavy atom.